The first kappa shape index (κ1) is 14.6. The van der Waals surface area contributed by atoms with Crippen molar-refractivity contribution >= 4 is 5.91 Å². The molecule has 5 nitrogen and oxygen atoms in total. The maximum atomic E-state index is 12.3. The average molecular weight is 291 g/mol. The molecule has 0 radical (unpaired) electrons. The fraction of sp³-hybridized carbons (Fsp3) is 0.750. The van der Waals surface area contributed by atoms with Crippen LogP contribution in [-0.4, -0.2) is 53.1 Å². The predicted octanol–water partition coefficient (Wildman–Crippen LogP) is 2.18. The van der Waals surface area contributed by atoms with Crippen molar-refractivity contribution in [1.82, 2.24) is 15.0 Å². The number of piperidine rings is 1. The second kappa shape index (κ2) is 6.18. The molecule has 5 heteroatoms. The maximum Gasteiger partial charge on any atom is 0.292 e. The van der Waals surface area contributed by atoms with Gasteiger partial charge in [-0.05, 0) is 38.3 Å². The summed E-state index contributed by atoms with van der Waals surface area (Å²) in [5.41, 5.74) is 0.876. The van der Waals surface area contributed by atoms with Crippen molar-refractivity contribution in [2.24, 2.45) is 5.92 Å². The SMILES string of the molecule is CC(C)Cc1cc(C(=O)N2CC(N3CCCCC3)C2)on1. The van der Waals surface area contributed by atoms with E-state index in [-0.39, 0.29) is 5.91 Å². The van der Waals surface area contributed by atoms with Gasteiger partial charge in [-0.1, -0.05) is 25.4 Å². The van der Waals surface area contributed by atoms with Gasteiger partial charge in [-0.25, -0.2) is 0 Å². The van der Waals surface area contributed by atoms with Gasteiger partial charge < -0.3 is 9.42 Å². The van der Waals surface area contributed by atoms with Crippen LogP contribution >= 0.6 is 0 Å². The highest BCUT2D eigenvalue weighted by Crippen LogP contribution is 2.22. The minimum absolute atomic E-state index is 0.00855. The topological polar surface area (TPSA) is 49.6 Å². The summed E-state index contributed by atoms with van der Waals surface area (Å²) in [6.45, 7) is 8.31. The largest absolute Gasteiger partial charge is 0.351 e. The normalized spacial score (nSPS) is 20.8. The smallest absolute Gasteiger partial charge is 0.292 e. The van der Waals surface area contributed by atoms with E-state index in [1.165, 1.54) is 32.4 Å². The van der Waals surface area contributed by atoms with E-state index in [2.05, 4.69) is 23.9 Å². The van der Waals surface area contributed by atoms with Crippen molar-refractivity contribution in [3.8, 4) is 0 Å². The number of hydrogen-bond donors (Lipinski definition) is 0. The minimum Gasteiger partial charge on any atom is -0.351 e. The molecule has 3 rings (SSSR count). The van der Waals surface area contributed by atoms with Crippen LogP contribution in [0.5, 0.6) is 0 Å². The number of nitrogens with zero attached hydrogens (tertiary/aromatic N) is 3. The molecule has 1 aromatic rings. The van der Waals surface area contributed by atoms with E-state index in [1.807, 2.05) is 4.90 Å². The molecule has 1 amide bonds. The molecule has 21 heavy (non-hydrogen) atoms. The molecule has 3 heterocycles. The molecule has 0 unspecified atom stereocenters. The van der Waals surface area contributed by atoms with Crippen LogP contribution in [0.4, 0.5) is 0 Å². The fourth-order valence-electron chi connectivity index (χ4n) is 3.22. The Morgan fingerprint density at radius 3 is 2.71 bits per heavy atom. The van der Waals surface area contributed by atoms with Crippen LogP contribution in [0.15, 0.2) is 10.6 Å². The Morgan fingerprint density at radius 1 is 1.33 bits per heavy atom. The van der Waals surface area contributed by atoms with Gasteiger partial charge in [-0.2, -0.15) is 0 Å². The van der Waals surface area contributed by atoms with Gasteiger partial charge in [0.1, 0.15) is 0 Å². The molecule has 116 valence electrons. The molecule has 0 saturated carbocycles. The van der Waals surface area contributed by atoms with E-state index in [9.17, 15) is 4.79 Å². The molecule has 0 aromatic carbocycles. The average Bonchev–Trinajstić information content (AvgIpc) is 2.86. The highest BCUT2D eigenvalue weighted by molar-refractivity contribution is 5.92. The second-order valence-electron chi connectivity index (χ2n) is 6.74. The Hall–Kier alpha value is -1.36. The second-order valence-corrected chi connectivity index (χ2v) is 6.74. The van der Waals surface area contributed by atoms with Gasteiger partial charge in [0.2, 0.25) is 5.76 Å². The molecule has 2 saturated heterocycles. The quantitative estimate of drug-likeness (QED) is 0.853. The van der Waals surface area contributed by atoms with Gasteiger partial charge in [0.15, 0.2) is 0 Å². The van der Waals surface area contributed by atoms with E-state index in [1.54, 1.807) is 6.07 Å². The number of amides is 1. The highest BCUT2D eigenvalue weighted by atomic mass is 16.5. The standard InChI is InChI=1S/C16H25N3O2/c1-12(2)8-13-9-15(21-17-13)16(20)19-10-14(11-19)18-6-4-3-5-7-18/h9,12,14H,3-8,10-11H2,1-2H3. The Kier molecular flexibility index (Phi) is 4.29. The minimum atomic E-state index is -0.00855. The van der Waals surface area contributed by atoms with Gasteiger partial charge in [0.25, 0.3) is 5.91 Å². The zero-order valence-corrected chi connectivity index (χ0v) is 13.0. The van der Waals surface area contributed by atoms with E-state index in [4.69, 9.17) is 4.52 Å². The Labute approximate surface area is 126 Å². The summed E-state index contributed by atoms with van der Waals surface area (Å²) in [7, 11) is 0. The third-order valence-electron chi connectivity index (χ3n) is 4.44. The molecule has 0 spiro atoms. The van der Waals surface area contributed by atoms with Crippen molar-refractivity contribution < 1.29 is 9.32 Å². The van der Waals surface area contributed by atoms with E-state index < -0.39 is 0 Å². The van der Waals surface area contributed by atoms with Crippen molar-refractivity contribution in [3.63, 3.8) is 0 Å². The Morgan fingerprint density at radius 2 is 2.05 bits per heavy atom. The lowest BCUT2D eigenvalue weighted by Crippen LogP contribution is -2.61. The molecule has 0 N–H and O–H groups in total. The molecule has 2 aliphatic heterocycles. The molecule has 1 aromatic heterocycles. The molecule has 0 aliphatic carbocycles. The molecule has 2 aliphatic rings. The number of carbonyl (C=O) groups excluding carboxylic acids is 1. The van der Waals surface area contributed by atoms with Crippen LogP contribution < -0.4 is 0 Å². The summed E-state index contributed by atoms with van der Waals surface area (Å²) in [5.74, 6) is 0.902. The molecular weight excluding hydrogens is 266 g/mol. The van der Waals surface area contributed by atoms with Crippen LogP contribution in [-0.2, 0) is 6.42 Å². The molecular formula is C16H25N3O2. The highest BCUT2D eigenvalue weighted by Gasteiger charge is 2.36. The van der Waals surface area contributed by atoms with Crippen LogP contribution in [0.1, 0.15) is 49.4 Å². The third kappa shape index (κ3) is 3.28. The molecule has 0 bridgehead atoms. The number of likely N-dealkylation sites (tertiary alicyclic amines) is 2. The molecule has 2 fully saturated rings. The lowest BCUT2D eigenvalue weighted by Gasteiger charge is -2.46. The van der Waals surface area contributed by atoms with Gasteiger partial charge in [-0.3, -0.25) is 9.69 Å². The zero-order chi connectivity index (χ0) is 14.8. The Bertz CT molecular complexity index is 485. The zero-order valence-electron chi connectivity index (χ0n) is 13.0. The number of aromatic nitrogens is 1. The lowest BCUT2D eigenvalue weighted by atomic mass is 10.0. The van der Waals surface area contributed by atoms with Crippen LogP contribution in [0.3, 0.4) is 0 Å². The van der Waals surface area contributed by atoms with Gasteiger partial charge in [0, 0.05) is 25.2 Å². The summed E-state index contributed by atoms with van der Waals surface area (Å²) < 4.78 is 5.21. The van der Waals surface area contributed by atoms with Gasteiger partial charge in [-0.15, -0.1) is 0 Å². The summed E-state index contributed by atoms with van der Waals surface area (Å²) in [5, 5.41) is 3.99. The first-order valence-electron chi connectivity index (χ1n) is 8.12. The summed E-state index contributed by atoms with van der Waals surface area (Å²) >= 11 is 0. The van der Waals surface area contributed by atoms with Crippen LogP contribution in [0.25, 0.3) is 0 Å². The monoisotopic (exact) mass is 291 g/mol. The van der Waals surface area contributed by atoms with Gasteiger partial charge in [0.05, 0.1) is 5.69 Å². The van der Waals surface area contributed by atoms with Crippen molar-refractivity contribution in [1.29, 1.82) is 0 Å². The molecule has 0 atom stereocenters. The fourth-order valence-corrected chi connectivity index (χ4v) is 3.22. The summed E-state index contributed by atoms with van der Waals surface area (Å²) in [6.07, 6.45) is 4.80. The van der Waals surface area contributed by atoms with Crippen molar-refractivity contribution in [2.75, 3.05) is 26.2 Å². The van der Waals surface area contributed by atoms with E-state index in [0.717, 1.165) is 25.2 Å². The number of rotatable bonds is 4. The van der Waals surface area contributed by atoms with E-state index >= 15 is 0 Å². The predicted molar refractivity (Wildman–Crippen MR) is 80.2 cm³/mol. The Balaban J connectivity index is 1.51. The third-order valence-corrected chi connectivity index (χ3v) is 4.44. The van der Waals surface area contributed by atoms with Crippen LogP contribution in [0, 0.1) is 5.92 Å². The first-order chi connectivity index (χ1) is 10.1. The maximum absolute atomic E-state index is 12.3. The van der Waals surface area contributed by atoms with Crippen molar-refractivity contribution in [3.05, 3.63) is 17.5 Å². The van der Waals surface area contributed by atoms with Crippen LogP contribution in [0.2, 0.25) is 0 Å². The first-order valence-corrected chi connectivity index (χ1v) is 8.12. The number of hydrogen-bond acceptors (Lipinski definition) is 4. The van der Waals surface area contributed by atoms with Gasteiger partial charge >= 0.3 is 0 Å². The number of carbonyl (C=O) groups is 1. The lowest BCUT2D eigenvalue weighted by molar-refractivity contribution is 0.0176. The van der Waals surface area contributed by atoms with Crippen molar-refractivity contribution in [2.45, 2.75) is 45.6 Å². The summed E-state index contributed by atoms with van der Waals surface area (Å²) in [4.78, 5) is 16.7. The van der Waals surface area contributed by atoms with E-state index in [0.29, 0.717) is 17.7 Å². The summed E-state index contributed by atoms with van der Waals surface area (Å²) in [6, 6.07) is 2.35.